The third-order valence-corrected chi connectivity index (χ3v) is 7.41. The third-order valence-electron chi connectivity index (χ3n) is 3.91. The quantitative estimate of drug-likeness (QED) is 0.783. The summed E-state index contributed by atoms with van der Waals surface area (Å²) in [6.07, 6.45) is 0. The van der Waals surface area contributed by atoms with Crippen molar-refractivity contribution in [3.05, 3.63) is 29.3 Å². The summed E-state index contributed by atoms with van der Waals surface area (Å²) in [5.74, 6) is 0.427. The van der Waals surface area contributed by atoms with Gasteiger partial charge in [-0.3, -0.25) is 4.79 Å². The predicted molar refractivity (Wildman–Crippen MR) is 95.6 cm³/mol. The number of benzene rings is 1. The lowest BCUT2D eigenvalue weighted by Crippen LogP contribution is -2.37. The molecular formula is C15H17ClN2O4S2. The number of carbonyl (C=O) groups is 1. The van der Waals surface area contributed by atoms with Gasteiger partial charge in [-0.25, -0.2) is 8.42 Å². The van der Waals surface area contributed by atoms with Gasteiger partial charge in [-0.05, 0) is 31.2 Å². The number of nitrogens with zero attached hydrogens (tertiary/aromatic N) is 2. The van der Waals surface area contributed by atoms with E-state index in [9.17, 15) is 13.2 Å². The van der Waals surface area contributed by atoms with E-state index in [0.29, 0.717) is 22.5 Å². The van der Waals surface area contributed by atoms with Crippen LogP contribution in [0.3, 0.4) is 0 Å². The van der Waals surface area contributed by atoms with E-state index >= 15 is 0 Å². The average Bonchev–Trinajstić information content (AvgIpc) is 2.97. The molecule has 0 unspecified atom stereocenters. The molecular weight excluding hydrogens is 372 g/mol. The number of carbonyl (C=O) groups excluding carboxylic acids is 1. The number of sulfone groups is 1. The van der Waals surface area contributed by atoms with Crippen LogP contribution in [0, 0.1) is 0 Å². The number of aliphatic imine (C=N–C) groups is 1. The monoisotopic (exact) mass is 388 g/mol. The van der Waals surface area contributed by atoms with Gasteiger partial charge in [-0.2, -0.15) is 4.99 Å². The second-order valence-corrected chi connectivity index (χ2v) is 9.41. The van der Waals surface area contributed by atoms with E-state index in [2.05, 4.69) is 4.99 Å². The molecule has 0 aliphatic carbocycles. The second-order valence-electron chi connectivity index (χ2n) is 5.62. The molecule has 0 spiro atoms. The number of halogens is 1. The molecule has 2 atom stereocenters. The van der Waals surface area contributed by atoms with Gasteiger partial charge in [-0.15, -0.1) is 0 Å². The van der Waals surface area contributed by atoms with Crippen molar-refractivity contribution < 1.29 is 17.9 Å². The summed E-state index contributed by atoms with van der Waals surface area (Å²) in [4.78, 5) is 18.1. The number of amides is 1. The Morgan fingerprint density at radius 1 is 1.38 bits per heavy atom. The van der Waals surface area contributed by atoms with E-state index in [0.717, 1.165) is 0 Å². The fraction of sp³-hybridized carbons (Fsp3) is 0.467. The number of hydrogen-bond donors (Lipinski definition) is 0. The minimum Gasteiger partial charge on any atom is -0.484 e. The molecule has 0 bridgehead atoms. The van der Waals surface area contributed by atoms with Crippen LogP contribution in [-0.4, -0.2) is 60.3 Å². The van der Waals surface area contributed by atoms with Crippen LogP contribution < -0.4 is 4.74 Å². The lowest BCUT2D eigenvalue weighted by atomic mass is 10.2. The summed E-state index contributed by atoms with van der Waals surface area (Å²) < 4.78 is 28.9. The Morgan fingerprint density at radius 3 is 2.75 bits per heavy atom. The molecule has 2 fully saturated rings. The molecule has 0 saturated carbocycles. The van der Waals surface area contributed by atoms with Crippen molar-refractivity contribution in [2.24, 2.45) is 4.99 Å². The van der Waals surface area contributed by atoms with E-state index in [-0.39, 0.29) is 29.4 Å². The Labute approximate surface area is 150 Å². The van der Waals surface area contributed by atoms with Crippen molar-refractivity contribution in [2.75, 3.05) is 24.7 Å². The number of hydrogen-bond acceptors (Lipinski definition) is 5. The van der Waals surface area contributed by atoms with Crippen molar-refractivity contribution in [1.29, 1.82) is 0 Å². The summed E-state index contributed by atoms with van der Waals surface area (Å²) in [5, 5.41) is 1.14. The van der Waals surface area contributed by atoms with E-state index in [1.807, 2.05) is 11.8 Å². The maximum atomic E-state index is 12.1. The van der Waals surface area contributed by atoms with Crippen molar-refractivity contribution in [3.63, 3.8) is 0 Å². The van der Waals surface area contributed by atoms with E-state index in [1.165, 1.54) is 11.8 Å². The highest BCUT2D eigenvalue weighted by molar-refractivity contribution is 8.15. The first-order valence-electron chi connectivity index (χ1n) is 7.51. The number of rotatable bonds is 4. The highest BCUT2D eigenvalue weighted by Gasteiger charge is 2.48. The van der Waals surface area contributed by atoms with Gasteiger partial charge >= 0.3 is 0 Å². The SMILES string of the molecule is CCN1C(=NC(=O)COc2ccc(Cl)cc2)S[C@H]2CS(=O)(=O)C[C@H]21. The molecule has 1 aromatic rings. The molecule has 2 heterocycles. The Balaban J connectivity index is 1.63. The molecule has 0 N–H and O–H groups in total. The first-order valence-corrected chi connectivity index (χ1v) is 10.6. The molecule has 0 radical (unpaired) electrons. The van der Waals surface area contributed by atoms with Gasteiger partial charge in [0.15, 0.2) is 21.6 Å². The fourth-order valence-corrected chi connectivity index (χ4v) is 6.98. The maximum Gasteiger partial charge on any atom is 0.285 e. The van der Waals surface area contributed by atoms with Crippen molar-refractivity contribution in [3.8, 4) is 5.75 Å². The summed E-state index contributed by atoms with van der Waals surface area (Å²) >= 11 is 7.16. The fourth-order valence-electron chi connectivity index (χ4n) is 2.82. The molecule has 2 aliphatic heterocycles. The van der Waals surface area contributed by atoms with Crippen LogP contribution in [0.5, 0.6) is 5.75 Å². The van der Waals surface area contributed by atoms with Gasteiger partial charge in [0.25, 0.3) is 5.91 Å². The molecule has 1 amide bonds. The summed E-state index contributed by atoms with van der Waals surface area (Å²) in [6, 6.07) is 6.64. The Hall–Kier alpha value is -1.25. The first-order chi connectivity index (χ1) is 11.4. The topological polar surface area (TPSA) is 76.0 Å². The maximum absolute atomic E-state index is 12.1. The second kappa shape index (κ2) is 6.93. The van der Waals surface area contributed by atoms with Gasteiger partial charge in [0.05, 0.1) is 17.5 Å². The van der Waals surface area contributed by atoms with Gasteiger partial charge < -0.3 is 9.64 Å². The molecule has 6 nitrogen and oxygen atoms in total. The minimum atomic E-state index is -2.99. The summed E-state index contributed by atoms with van der Waals surface area (Å²) in [6.45, 7) is 2.38. The van der Waals surface area contributed by atoms with E-state index in [4.69, 9.17) is 16.3 Å². The molecule has 3 rings (SSSR count). The Morgan fingerprint density at radius 2 is 2.08 bits per heavy atom. The first kappa shape index (κ1) is 17.6. The van der Waals surface area contributed by atoms with Crippen LogP contribution >= 0.6 is 23.4 Å². The lowest BCUT2D eigenvalue weighted by molar-refractivity contribution is -0.119. The normalized spacial score (nSPS) is 26.6. The lowest BCUT2D eigenvalue weighted by Gasteiger charge is -2.22. The van der Waals surface area contributed by atoms with Crippen molar-refractivity contribution >= 4 is 44.3 Å². The molecule has 9 heteroatoms. The van der Waals surface area contributed by atoms with Crippen molar-refractivity contribution in [2.45, 2.75) is 18.2 Å². The zero-order chi connectivity index (χ0) is 17.3. The van der Waals surface area contributed by atoms with Crippen LogP contribution in [0.25, 0.3) is 0 Å². The molecule has 2 saturated heterocycles. The highest BCUT2D eigenvalue weighted by atomic mass is 35.5. The van der Waals surface area contributed by atoms with Crippen LogP contribution in [-0.2, 0) is 14.6 Å². The average molecular weight is 389 g/mol. The smallest absolute Gasteiger partial charge is 0.285 e. The minimum absolute atomic E-state index is 0.0429. The van der Waals surface area contributed by atoms with Crippen LogP contribution in [0.1, 0.15) is 6.92 Å². The molecule has 2 aliphatic rings. The molecule has 0 aromatic heterocycles. The number of ether oxygens (including phenoxy) is 1. The zero-order valence-electron chi connectivity index (χ0n) is 13.0. The number of thioether (sulfide) groups is 1. The van der Waals surface area contributed by atoms with Crippen molar-refractivity contribution in [1.82, 2.24) is 4.90 Å². The zero-order valence-corrected chi connectivity index (χ0v) is 15.4. The van der Waals surface area contributed by atoms with Gasteiger partial charge in [0, 0.05) is 16.8 Å². The summed E-state index contributed by atoms with van der Waals surface area (Å²) in [7, 11) is -2.99. The molecule has 130 valence electrons. The standard InChI is InChI=1S/C15H17ClN2O4S2/c1-2-18-12-8-24(20,21)9-13(12)23-15(18)17-14(19)7-22-11-5-3-10(16)4-6-11/h3-6,12-13H,2,7-9H2,1H3/t12-,13+/m1/s1. The van der Waals surface area contributed by atoms with Crippen LogP contribution in [0.4, 0.5) is 0 Å². The highest BCUT2D eigenvalue weighted by Crippen LogP contribution is 2.37. The van der Waals surface area contributed by atoms with Crippen LogP contribution in [0.15, 0.2) is 29.3 Å². The van der Waals surface area contributed by atoms with E-state index in [1.54, 1.807) is 24.3 Å². The van der Waals surface area contributed by atoms with Crippen LogP contribution in [0.2, 0.25) is 5.02 Å². The predicted octanol–water partition coefficient (Wildman–Crippen LogP) is 1.84. The summed E-state index contributed by atoms with van der Waals surface area (Å²) in [5.41, 5.74) is 0. The number of amidine groups is 1. The van der Waals surface area contributed by atoms with E-state index < -0.39 is 15.7 Å². The number of fused-ring (bicyclic) bond motifs is 1. The Bertz CT molecular complexity index is 764. The van der Waals surface area contributed by atoms with Gasteiger partial charge in [0.1, 0.15) is 5.75 Å². The molecule has 24 heavy (non-hydrogen) atoms. The van der Waals surface area contributed by atoms with Gasteiger partial charge in [0.2, 0.25) is 0 Å². The van der Waals surface area contributed by atoms with Gasteiger partial charge in [-0.1, -0.05) is 23.4 Å². The Kier molecular flexibility index (Phi) is 5.08. The third kappa shape index (κ3) is 3.87. The molecule has 1 aromatic carbocycles. The largest absolute Gasteiger partial charge is 0.484 e.